The number of alkyl carbamates (subject to hydrolysis) is 1. The van der Waals surface area contributed by atoms with Crippen LogP contribution in [0, 0.1) is 10.1 Å². The average Bonchev–Trinajstić information content (AvgIpc) is 2.80. The molecule has 2 unspecified atom stereocenters. The molecule has 0 aromatic heterocycles. The standard InChI is InChI=1S/C20H23N2O10P/c1-31-18(24)15(21-20(26)32-12-13-5-3-2-4-6-13)9-10-33(29,30)19(25)14-7-8-17(23)16(11-14)22(27)28/h2-8,11,15,19,23,25H,9-10,12H2,1H3,(H,21,26)(H,29,30)/t15-,19?/m0/s1. The number of aromatic hydroxyl groups is 1. The Hall–Kier alpha value is -3.47. The maximum Gasteiger partial charge on any atom is 0.408 e. The van der Waals surface area contributed by atoms with Gasteiger partial charge in [-0.3, -0.25) is 14.7 Å². The number of nitro groups is 1. The Morgan fingerprint density at radius 1 is 1.21 bits per heavy atom. The highest BCUT2D eigenvalue weighted by Crippen LogP contribution is 2.55. The van der Waals surface area contributed by atoms with Crippen LogP contribution < -0.4 is 5.32 Å². The number of aliphatic hydroxyl groups is 1. The molecule has 0 aliphatic heterocycles. The number of ether oxygens (including phenoxy) is 2. The number of aliphatic hydroxyl groups excluding tert-OH is 1. The number of nitrogens with one attached hydrogen (secondary N) is 1. The van der Waals surface area contributed by atoms with Crippen LogP contribution in [0.1, 0.15) is 23.4 Å². The Balaban J connectivity index is 2.04. The van der Waals surface area contributed by atoms with E-state index in [-0.39, 0.29) is 12.2 Å². The number of rotatable bonds is 10. The predicted octanol–water partition coefficient (Wildman–Crippen LogP) is 2.42. The summed E-state index contributed by atoms with van der Waals surface area (Å²) in [6.07, 6.45) is -1.99. The lowest BCUT2D eigenvalue weighted by Crippen LogP contribution is -2.42. The molecule has 0 aliphatic rings. The van der Waals surface area contributed by atoms with Gasteiger partial charge in [-0.1, -0.05) is 36.4 Å². The molecule has 0 saturated carbocycles. The molecule has 4 N–H and O–H groups in total. The van der Waals surface area contributed by atoms with Crippen molar-refractivity contribution in [2.24, 2.45) is 0 Å². The molecule has 0 bridgehead atoms. The zero-order valence-corrected chi connectivity index (χ0v) is 18.4. The van der Waals surface area contributed by atoms with Crippen molar-refractivity contribution in [2.45, 2.75) is 24.9 Å². The third-order valence-corrected chi connectivity index (χ3v) is 6.57. The van der Waals surface area contributed by atoms with Gasteiger partial charge in [0.1, 0.15) is 12.6 Å². The summed E-state index contributed by atoms with van der Waals surface area (Å²) in [7, 11) is -3.37. The normalized spacial score (nSPS) is 14.4. The first-order valence-electron chi connectivity index (χ1n) is 9.57. The van der Waals surface area contributed by atoms with Crippen LogP contribution in [0.2, 0.25) is 0 Å². The third-order valence-electron chi connectivity index (χ3n) is 4.61. The van der Waals surface area contributed by atoms with Gasteiger partial charge in [0.05, 0.1) is 12.0 Å². The molecular formula is C20H23N2O10P. The van der Waals surface area contributed by atoms with Crippen molar-refractivity contribution in [3.8, 4) is 5.75 Å². The maximum absolute atomic E-state index is 12.7. The lowest BCUT2D eigenvalue weighted by atomic mass is 10.2. The molecule has 0 heterocycles. The largest absolute Gasteiger partial charge is 0.502 e. The number of carbonyl (C=O) groups is 2. The minimum absolute atomic E-state index is 0.0720. The summed E-state index contributed by atoms with van der Waals surface area (Å²) in [6, 6.07) is 10.1. The summed E-state index contributed by atoms with van der Waals surface area (Å²) in [5, 5.41) is 33.0. The molecule has 33 heavy (non-hydrogen) atoms. The number of phenolic OH excluding ortho intramolecular Hbond substituents is 1. The summed E-state index contributed by atoms with van der Waals surface area (Å²) < 4.78 is 22.3. The summed E-state index contributed by atoms with van der Waals surface area (Å²) in [4.78, 5) is 44.4. The highest BCUT2D eigenvalue weighted by molar-refractivity contribution is 7.58. The number of phenols is 1. The molecule has 3 atom stereocenters. The van der Waals surface area contributed by atoms with E-state index in [9.17, 15) is 39.4 Å². The van der Waals surface area contributed by atoms with Crippen molar-refractivity contribution < 1.29 is 43.7 Å². The van der Waals surface area contributed by atoms with Gasteiger partial charge < -0.3 is 29.9 Å². The van der Waals surface area contributed by atoms with E-state index in [4.69, 9.17) is 4.74 Å². The molecule has 0 fully saturated rings. The molecule has 0 aliphatic carbocycles. The van der Waals surface area contributed by atoms with Gasteiger partial charge in [0, 0.05) is 12.2 Å². The van der Waals surface area contributed by atoms with Crippen molar-refractivity contribution >= 4 is 25.1 Å². The number of hydrogen-bond acceptors (Lipinski definition) is 9. The van der Waals surface area contributed by atoms with Crippen molar-refractivity contribution in [3.63, 3.8) is 0 Å². The number of carbonyl (C=O) groups excluding carboxylic acids is 2. The fraction of sp³-hybridized carbons (Fsp3) is 0.300. The first-order valence-corrected chi connectivity index (χ1v) is 11.5. The Kier molecular flexibility index (Phi) is 8.92. The van der Waals surface area contributed by atoms with Gasteiger partial charge in [-0.2, -0.15) is 0 Å². The summed E-state index contributed by atoms with van der Waals surface area (Å²) in [5.41, 5.74) is -0.315. The lowest BCUT2D eigenvalue weighted by Gasteiger charge is -2.21. The van der Waals surface area contributed by atoms with Crippen LogP contribution in [0.5, 0.6) is 5.75 Å². The van der Waals surface area contributed by atoms with Gasteiger partial charge in [-0.05, 0) is 23.6 Å². The average molecular weight is 482 g/mol. The summed E-state index contributed by atoms with van der Waals surface area (Å²) >= 11 is 0. The molecule has 0 spiro atoms. The summed E-state index contributed by atoms with van der Waals surface area (Å²) in [6.45, 7) is -0.0720. The van der Waals surface area contributed by atoms with Gasteiger partial charge in [0.15, 0.2) is 11.6 Å². The highest BCUT2D eigenvalue weighted by atomic mass is 31.2. The quantitative estimate of drug-likeness (QED) is 0.170. The SMILES string of the molecule is COC(=O)[C@H](CCP(=O)(O)C(O)c1ccc(O)c([N+](=O)[O-])c1)NC(=O)OCc1ccccc1. The van der Waals surface area contributed by atoms with Crippen LogP contribution in [-0.2, 0) is 25.4 Å². The molecule has 13 heteroatoms. The van der Waals surface area contributed by atoms with E-state index in [0.29, 0.717) is 5.56 Å². The minimum atomic E-state index is -4.43. The monoisotopic (exact) mass is 482 g/mol. The Labute approximate surface area is 188 Å². The maximum atomic E-state index is 12.7. The fourth-order valence-electron chi connectivity index (χ4n) is 2.81. The zero-order chi connectivity index (χ0) is 24.6. The Morgan fingerprint density at radius 2 is 1.88 bits per heavy atom. The van der Waals surface area contributed by atoms with E-state index in [1.807, 2.05) is 0 Å². The van der Waals surface area contributed by atoms with Gasteiger partial charge in [-0.15, -0.1) is 0 Å². The highest BCUT2D eigenvalue weighted by Gasteiger charge is 2.34. The molecule has 0 saturated heterocycles. The topological polar surface area (TPSA) is 186 Å². The number of benzene rings is 2. The van der Waals surface area contributed by atoms with E-state index in [1.165, 1.54) is 0 Å². The minimum Gasteiger partial charge on any atom is -0.502 e. The summed E-state index contributed by atoms with van der Waals surface area (Å²) in [5.74, 6) is -3.60. The first-order chi connectivity index (χ1) is 15.5. The van der Waals surface area contributed by atoms with E-state index in [1.54, 1.807) is 30.3 Å². The second-order valence-electron chi connectivity index (χ2n) is 6.93. The van der Waals surface area contributed by atoms with Gasteiger partial charge in [-0.25, -0.2) is 9.59 Å². The van der Waals surface area contributed by atoms with Crippen LogP contribution in [0.3, 0.4) is 0 Å². The van der Waals surface area contributed by atoms with E-state index >= 15 is 0 Å². The van der Waals surface area contributed by atoms with Crippen LogP contribution >= 0.6 is 7.37 Å². The van der Waals surface area contributed by atoms with Crippen LogP contribution in [0.15, 0.2) is 48.5 Å². The molecular weight excluding hydrogens is 459 g/mol. The molecule has 1 amide bonds. The van der Waals surface area contributed by atoms with Gasteiger partial charge >= 0.3 is 17.7 Å². The van der Waals surface area contributed by atoms with Crippen molar-refractivity contribution in [3.05, 3.63) is 69.8 Å². The van der Waals surface area contributed by atoms with Gasteiger partial charge in [0.25, 0.3) is 0 Å². The molecule has 2 rings (SSSR count). The van der Waals surface area contributed by atoms with Crippen molar-refractivity contribution in [1.82, 2.24) is 5.32 Å². The first kappa shape index (κ1) is 25.8. The number of nitro benzene ring substituents is 1. The van der Waals surface area contributed by atoms with E-state index < -0.39 is 60.3 Å². The van der Waals surface area contributed by atoms with Crippen LogP contribution in [-0.4, -0.2) is 51.4 Å². The third kappa shape index (κ3) is 7.28. The Bertz CT molecular complexity index is 1050. The predicted molar refractivity (Wildman–Crippen MR) is 115 cm³/mol. The molecule has 0 radical (unpaired) electrons. The fourth-order valence-corrected chi connectivity index (χ4v) is 4.31. The van der Waals surface area contributed by atoms with Gasteiger partial charge in [0.2, 0.25) is 7.37 Å². The number of amides is 1. The molecule has 2 aromatic carbocycles. The lowest BCUT2D eigenvalue weighted by molar-refractivity contribution is -0.386. The van der Waals surface area contributed by atoms with E-state index in [2.05, 4.69) is 10.1 Å². The van der Waals surface area contributed by atoms with Crippen molar-refractivity contribution in [2.75, 3.05) is 13.3 Å². The number of hydrogen-bond donors (Lipinski definition) is 4. The number of nitrogens with zero attached hydrogens (tertiary/aromatic N) is 1. The van der Waals surface area contributed by atoms with Crippen LogP contribution in [0.25, 0.3) is 0 Å². The molecule has 12 nitrogen and oxygen atoms in total. The Morgan fingerprint density at radius 3 is 2.48 bits per heavy atom. The van der Waals surface area contributed by atoms with Crippen molar-refractivity contribution in [1.29, 1.82) is 0 Å². The zero-order valence-electron chi connectivity index (χ0n) is 17.5. The molecule has 2 aromatic rings. The van der Waals surface area contributed by atoms with Crippen LogP contribution in [0.4, 0.5) is 10.5 Å². The smallest absolute Gasteiger partial charge is 0.408 e. The second-order valence-corrected chi connectivity index (χ2v) is 9.38. The number of methoxy groups -OCH3 is 1. The number of esters is 1. The second kappa shape index (κ2) is 11.4. The molecule has 178 valence electrons. The van der Waals surface area contributed by atoms with E-state index in [0.717, 1.165) is 25.3 Å².